The zero-order valence-electron chi connectivity index (χ0n) is 19.0. The quantitative estimate of drug-likeness (QED) is 0.229. The van der Waals surface area contributed by atoms with Crippen molar-refractivity contribution in [3.8, 4) is 23.0 Å². The zero-order chi connectivity index (χ0) is 24.3. The molecule has 6 heteroatoms. The van der Waals surface area contributed by atoms with Crippen molar-refractivity contribution in [1.29, 1.82) is 0 Å². The topological polar surface area (TPSA) is 85.2 Å². The molecule has 3 aromatic carbocycles. The normalized spacial score (nSPS) is 11.6. The molecule has 0 amide bonds. The van der Waals surface area contributed by atoms with Crippen LogP contribution in [0, 0.1) is 0 Å². The first kappa shape index (κ1) is 24.2. The van der Waals surface area contributed by atoms with Gasteiger partial charge in [0.1, 0.15) is 12.4 Å². The third-order valence-electron chi connectivity index (χ3n) is 4.81. The molecule has 0 saturated heterocycles. The summed E-state index contributed by atoms with van der Waals surface area (Å²) < 4.78 is 16.3. The molecule has 0 atom stereocenters. The molecule has 3 rings (SSSR count). The van der Waals surface area contributed by atoms with Gasteiger partial charge in [-0.25, -0.2) is 0 Å². The second-order valence-corrected chi connectivity index (χ2v) is 7.25. The molecule has 0 radical (unpaired) electrons. The maximum Gasteiger partial charge on any atom is 0.182 e. The lowest BCUT2D eigenvalue weighted by molar-refractivity contribution is -0.110. The molecule has 174 valence electrons. The Morgan fingerprint density at radius 1 is 0.824 bits per heavy atom. The summed E-state index contributed by atoms with van der Waals surface area (Å²) in [5.41, 5.74) is 2.49. The van der Waals surface area contributed by atoms with Crippen molar-refractivity contribution < 1.29 is 29.2 Å². The van der Waals surface area contributed by atoms with E-state index in [-0.39, 0.29) is 11.5 Å². The lowest BCUT2D eigenvalue weighted by Crippen LogP contribution is -1.97. The van der Waals surface area contributed by atoms with Crippen LogP contribution in [0.2, 0.25) is 0 Å². The number of aliphatic hydroxyl groups excluding tert-OH is 1. The minimum Gasteiger partial charge on any atom is -0.508 e. The third-order valence-corrected chi connectivity index (χ3v) is 4.81. The molecular weight excluding hydrogens is 432 g/mol. The van der Waals surface area contributed by atoms with Gasteiger partial charge in [-0.1, -0.05) is 54.6 Å². The summed E-state index contributed by atoms with van der Waals surface area (Å²) in [6, 6.07) is 19.9. The van der Waals surface area contributed by atoms with E-state index in [1.165, 1.54) is 25.3 Å². The van der Waals surface area contributed by atoms with Gasteiger partial charge in [-0.3, -0.25) is 4.79 Å². The lowest BCUT2D eigenvalue weighted by Gasteiger charge is -2.11. The van der Waals surface area contributed by atoms with Gasteiger partial charge in [-0.15, -0.1) is 0 Å². The fourth-order valence-corrected chi connectivity index (χ4v) is 3.04. The number of aliphatic hydroxyl groups is 1. The van der Waals surface area contributed by atoms with Crippen molar-refractivity contribution in [2.24, 2.45) is 0 Å². The summed E-state index contributed by atoms with van der Waals surface area (Å²) in [6.45, 7) is 0.419. The second-order valence-electron chi connectivity index (χ2n) is 7.25. The van der Waals surface area contributed by atoms with Crippen molar-refractivity contribution >= 4 is 17.9 Å². The average molecular weight is 459 g/mol. The van der Waals surface area contributed by atoms with Crippen molar-refractivity contribution in [3.63, 3.8) is 0 Å². The van der Waals surface area contributed by atoms with Gasteiger partial charge in [-0.05, 0) is 53.1 Å². The highest BCUT2D eigenvalue weighted by Crippen LogP contribution is 2.29. The van der Waals surface area contributed by atoms with Crippen molar-refractivity contribution in [2.45, 2.75) is 6.61 Å². The smallest absolute Gasteiger partial charge is 0.182 e. The SMILES string of the molecule is COc1cc(/C=C/C(=O)/C=C(O)/C=C/c2ccc(OCc3ccccc3)c(OC)c2)ccc1O. The van der Waals surface area contributed by atoms with E-state index in [4.69, 9.17) is 14.2 Å². The second kappa shape index (κ2) is 12.0. The number of phenolic OH excluding ortho intramolecular Hbond substituents is 1. The van der Waals surface area contributed by atoms with Crippen LogP contribution in [0.25, 0.3) is 12.2 Å². The van der Waals surface area contributed by atoms with Crippen LogP contribution in [0.4, 0.5) is 0 Å². The largest absolute Gasteiger partial charge is 0.508 e. The van der Waals surface area contributed by atoms with Gasteiger partial charge in [0.05, 0.1) is 14.2 Å². The number of ketones is 1. The fraction of sp³-hybridized carbons (Fsp3) is 0.107. The van der Waals surface area contributed by atoms with Crippen LogP contribution < -0.4 is 14.2 Å². The predicted molar refractivity (Wildman–Crippen MR) is 132 cm³/mol. The van der Waals surface area contributed by atoms with Gasteiger partial charge >= 0.3 is 0 Å². The minimum atomic E-state index is -0.392. The molecule has 34 heavy (non-hydrogen) atoms. The molecule has 0 aliphatic rings. The van der Waals surface area contributed by atoms with E-state index >= 15 is 0 Å². The minimum absolute atomic E-state index is 0.0149. The molecular formula is C28H26O6. The molecule has 0 saturated carbocycles. The van der Waals surface area contributed by atoms with Crippen LogP contribution in [-0.4, -0.2) is 30.2 Å². The van der Waals surface area contributed by atoms with Gasteiger partial charge in [-0.2, -0.15) is 0 Å². The number of ether oxygens (including phenoxy) is 3. The number of rotatable bonds is 10. The first-order valence-corrected chi connectivity index (χ1v) is 10.5. The Kier molecular flexibility index (Phi) is 8.52. The van der Waals surface area contributed by atoms with Crippen LogP contribution in [0.15, 0.2) is 90.7 Å². The fourth-order valence-electron chi connectivity index (χ4n) is 3.04. The lowest BCUT2D eigenvalue weighted by atomic mass is 10.1. The number of methoxy groups -OCH3 is 2. The van der Waals surface area contributed by atoms with Crippen molar-refractivity contribution in [2.75, 3.05) is 14.2 Å². The van der Waals surface area contributed by atoms with E-state index in [2.05, 4.69) is 0 Å². The zero-order valence-corrected chi connectivity index (χ0v) is 19.0. The Morgan fingerprint density at radius 2 is 1.47 bits per heavy atom. The standard InChI is InChI=1S/C28H26O6/c1-32-27-16-20(10-14-25(27)31)8-12-23(29)18-24(30)13-9-21-11-15-26(28(17-21)33-2)34-19-22-6-4-3-5-7-22/h3-18,30-31H,19H2,1-2H3/b12-8+,13-9+,24-18-. The van der Waals surface area contributed by atoms with Crippen LogP contribution >= 0.6 is 0 Å². The first-order valence-electron chi connectivity index (χ1n) is 10.5. The molecule has 0 aromatic heterocycles. The molecule has 0 bridgehead atoms. The molecule has 0 spiro atoms. The highest BCUT2D eigenvalue weighted by atomic mass is 16.5. The number of allylic oxidation sites excluding steroid dienone is 3. The maximum absolute atomic E-state index is 12.1. The number of aromatic hydroxyl groups is 1. The van der Waals surface area contributed by atoms with Crippen molar-refractivity contribution in [1.82, 2.24) is 0 Å². The third kappa shape index (κ3) is 7.03. The Balaban J connectivity index is 1.62. The van der Waals surface area contributed by atoms with Gasteiger partial charge in [0.15, 0.2) is 28.8 Å². The van der Waals surface area contributed by atoms with Crippen LogP contribution in [0.5, 0.6) is 23.0 Å². The van der Waals surface area contributed by atoms with E-state index in [9.17, 15) is 15.0 Å². The Morgan fingerprint density at radius 3 is 2.18 bits per heavy atom. The summed E-state index contributed by atoms with van der Waals surface area (Å²) in [4.78, 5) is 12.1. The number of hydrogen-bond acceptors (Lipinski definition) is 6. The summed E-state index contributed by atoms with van der Waals surface area (Å²) in [5.74, 6) is 0.904. The van der Waals surface area contributed by atoms with Gasteiger partial charge < -0.3 is 24.4 Å². The first-order chi connectivity index (χ1) is 16.5. The Labute approximate surface area is 198 Å². The van der Waals surface area contributed by atoms with Gasteiger partial charge in [0.2, 0.25) is 0 Å². The average Bonchev–Trinajstić information content (AvgIpc) is 2.86. The molecule has 0 heterocycles. The maximum atomic E-state index is 12.1. The number of benzene rings is 3. The summed E-state index contributed by atoms with van der Waals surface area (Å²) in [5, 5.41) is 19.7. The van der Waals surface area contributed by atoms with E-state index < -0.39 is 5.78 Å². The highest BCUT2D eigenvalue weighted by Gasteiger charge is 2.06. The number of phenols is 1. The predicted octanol–water partition coefficient (Wildman–Crippen LogP) is 5.73. The number of carbonyl (C=O) groups is 1. The molecule has 2 N–H and O–H groups in total. The monoisotopic (exact) mass is 458 g/mol. The summed E-state index contributed by atoms with van der Waals surface area (Å²) in [7, 11) is 3.01. The van der Waals surface area contributed by atoms with Crippen LogP contribution in [0.3, 0.4) is 0 Å². The molecule has 6 nitrogen and oxygen atoms in total. The summed E-state index contributed by atoms with van der Waals surface area (Å²) in [6.07, 6.45) is 7.08. The molecule has 0 unspecified atom stereocenters. The van der Waals surface area contributed by atoms with Gasteiger partial charge in [0, 0.05) is 6.08 Å². The summed E-state index contributed by atoms with van der Waals surface area (Å²) >= 11 is 0. The Hall–Kier alpha value is -4.45. The Bertz CT molecular complexity index is 1210. The van der Waals surface area contributed by atoms with E-state index in [0.717, 1.165) is 17.2 Å². The molecule has 0 aliphatic heterocycles. The van der Waals surface area contributed by atoms with Crippen molar-refractivity contribution in [3.05, 3.63) is 107 Å². The number of carbonyl (C=O) groups excluding carboxylic acids is 1. The highest BCUT2D eigenvalue weighted by molar-refractivity contribution is 6.02. The van der Waals surface area contributed by atoms with Gasteiger partial charge in [0.25, 0.3) is 0 Å². The molecule has 0 fully saturated rings. The molecule has 3 aromatic rings. The molecule has 0 aliphatic carbocycles. The van der Waals surface area contributed by atoms with E-state index in [1.807, 2.05) is 36.4 Å². The number of hydrogen-bond donors (Lipinski definition) is 2. The van der Waals surface area contributed by atoms with Crippen LogP contribution in [0.1, 0.15) is 16.7 Å². The van der Waals surface area contributed by atoms with E-state index in [0.29, 0.717) is 29.4 Å². The van der Waals surface area contributed by atoms with Crippen LogP contribution in [-0.2, 0) is 11.4 Å². The van der Waals surface area contributed by atoms with E-state index in [1.54, 1.807) is 43.5 Å².